The van der Waals surface area contributed by atoms with Crippen molar-refractivity contribution in [2.75, 3.05) is 6.61 Å². The molecule has 0 rings (SSSR count). The minimum atomic E-state index is -1.79. The van der Waals surface area contributed by atoms with Crippen molar-refractivity contribution in [1.29, 1.82) is 0 Å². The first-order chi connectivity index (χ1) is 23.1. The molecular weight excluding hydrogens is 616 g/mol. The number of carbonyl (C=O) groups is 3. The van der Waals surface area contributed by atoms with Crippen LogP contribution in [0.1, 0.15) is 194 Å². The Morgan fingerprint density at radius 3 is 0.917 bits per heavy atom. The van der Waals surface area contributed by atoms with Gasteiger partial charge in [0.05, 0.1) is 6.61 Å². The molecule has 0 aromatic heterocycles. The first-order valence-electron chi connectivity index (χ1n) is 19.3. The van der Waals surface area contributed by atoms with E-state index in [9.17, 15) is 14.4 Å². The number of carboxylic acid groups (broad SMARTS) is 2. The van der Waals surface area contributed by atoms with E-state index in [0.29, 0.717) is 12.8 Å². The number of aldehydes is 1. The Morgan fingerprint density at radius 2 is 0.708 bits per heavy atom. The van der Waals surface area contributed by atoms with Crippen molar-refractivity contribution in [3.8, 4) is 0 Å². The predicted octanol–water partition coefficient (Wildman–Crippen LogP) is 7.73. The maximum absolute atomic E-state index is 10.3. The van der Waals surface area contributed by atoms with E-state index in [4.69, 9.17) is 35.7 Å². The lowest BCUT2D eigenvalue weighted by molar-refractivity contribution is -0.138. The molecule has 0 radical (unpaired) electrons. The Morgan fingerprint density at radius 1 is 0.458 bits per heavy atom. The average Bonchev–Trinajstić information content (AvgIpc) is 3.07. The van der Waals surface area contributed by atoms with Gasteiger partial charge in [-0.1, -0.05) is 168 Å². The highest BCUT2D eigenvalue weighted by Crippen LogP contribution is 2.14. The Labute approximate surface area is 292 Å². The molecule has 10 heteroatoms. The molecule has 0 aromatic rings. The van der Waals surface area contributed by atoms with Crippen LogP contribution >= 0.6 is 0 Å². The van der Waals surface area contributed by atoms with Gasteiger partial charge in [0.25, 0.3) is 0 Å². The van der Waals surface area contributed by atoms with Gasteiger partial charge in [0.2, 0.25) is 0 Å². The van der Waals surface area contributed by atoms with Gasteiger partial charge in [0.15, 0.2) is 6.29 Å². The van der Waals surface area contributed by atoms with Gasteiger partial charge >= 0.3 is 11.9 Å². The van der Waals surface area contributed by atoms with Crippen LogP contribution < -0.4 is 0 Å². The molecule has 7 N–H and O–H groups in total. The fourth-order valence-electron chi connectivity index (χ4n) is 5.21. The minimum Gasteiger partial charge on any atom is -0.481 e. The third-order valence-corrected chi connectivity index (χ3v) is 8.41. The number of rotatable bonds is 33. The molecule has 0 saturated carbocycles. The second-order valence-corrected chi connectivity index (χ2v) is 13.1. The van der Waals surface area contributed by atoms with Gasteiger partial charge in [0, 0.05) is 12.8 Å². The van der Waals surface area contributed by atoms with Crippen LogP contribution in [0.4, 0.5) is 0 Å². The number of aliphatic carboxylic acids is 2. The van der Waals surface area contributed by atoms with Crippen LogP contribution in [0.5, 0.6) is 0 Å². The quantitative estimate of drug-likeness (QED) is 0.0264. The zero-order valence-electron chi connectivity index (χ0n) is 30.7. The van der Waals surface area contributed by atoms with Crippen molar-refractivity contribution < 1.29 is 50.1 Å². The molecule has 0 fully saturated rings. The van der Waals surface area contributed by atoms with Gasteiger partial charge in [-0.25, -0.2) is 0 Å². The maximum atomic E-state index is 10.3. The van der Waals surface area contributed by atoms with Gasteiger partial charge in [-0.05, 0) is 12.8 Å². The third kappa shape index (κ3) is 42.4. The lowest BCUT2D eigenvalue weighted by Crippen LogP contribution is -2.46. The predicted molar refractivity (Wildman–Crippen MR) is 193 cm³/mol. The molecule has 0 spiro atoms. The van der Waals surface area contributed by atoms with E-state index >= 15 is 0 Å². The highest BCUT2D eigenvalue weighted by atomic mass is 16.4. The van der Waals surface area contributed by atoms with E-state index in [-0.39, 0.29) is 6.29 Å². The van der Waals surface area contributed by atoms with Gasteiger partial charge in [0.1, 0.15) is 24.4 Å². The van der Waals surface area contributed by atoms with Crippen molar-refractivity contribution in [1.82, 2.24) is 0 Å². The fraction of sp³-hybridized carbons (Fsp3) is 0.921. The van der Waals surface area contributed by atoms with Crippen LogP contribution in [0.2, 0.25) is 0 Å². The normalized spacial score (nSPS) is 13.3. The summed E-state index contributed by atoms with van der Waals surface area (Å²) in [5, 5.41) is 60.5. The van der Waals surface area contributed by atoms with Gasteiger partial charge in [-0.15, -0.1) is 0 Å². The second-order valence-electron chi connectivity index (χ2n) is 13.1. The number of carbonyl (C=O) groups excluding carboxylic acids is 1. The van der Waals surface area contributed by atoms with E-state index in [1.54, 1.807) is 0 Å². The fourth-order valence-corrected chi connectivity index (χ4v) is 5.21. The highest BCUT2D eigenvalue weighted by Gasteiger charge is 2.29. The van der Waals surface area contributed by atoms with E-state index in [1.165, 1.54) is 141 Å². The Kier molecular flexibility index (Phi) is 44.0. The third-order valence-electron chi connectivity index (χ3n) is 8.41. The van der Waals surface area contributed by atoms with Gasteiger partial charge in [-0.3, -0.25) is 9.59 Å². The molecule has 0 unspecified atom stereocenters. The summed E-state index contributed by atoms with van der Waals surface area (Å²) in [4.78, 5) is 30.5. The molecule has 0 saturated heterocycles. The SMILES string of the molecule is CCCCCCCCCCCCCCCC(=O)O.CCCCCCCCCCCCCCCC(=O)O.O=C[C@H](O)[C@@H](O)[C@H](O)[C@H](O)CO. The van der Waals surface area contributed by atoms with Gasteiger partial charge < -0.3 is 40.5 Å². The standard InChI is InChI=1S/2C16H32O2.C6H12O6/c2*1-2-3-4-5-6-7-8-9-10-11-12-13-14-15-16(17)18;7-1-3(9)5(11)6(12)4(10)2-8/h2*2-15H2,1H3,(H,17,18);1,3-6,8-12H,2H2/t;;3-,4+,5+,6+/m..0/s1. The zero-order chi connectivity index (χ0) is 36.7. The summed E-state index contributed by atoms with van der Waals surface area (Å²) in [5.41, 5.74) is 0. The average molecular weight is 693 g/mol. The molecule has 0 aliphatic heterocycles. The van der Waals surface area contributed by atoms with Crippen molar-refractivity contribution in [2.24, 2.45) is 0 Å². The van der Waals surface area contributed by atoms with Crippen molar-refractivity contribution in [3.05, 3.63) is 0 Å². The van der Waals surface area contributed by atoms with Crippen LogP contribution in [0.25, 0.3) is 0 Å². The molecule has 0 bridgehead atoms. The summed E-state index contributed by atoms with van der Waals surface area (Å²) in [6.45, 7) is 3.76. The van der Waals surface area contributed by atoms with Crippen LogP contribution in [0, 0.1) is 0 Å². The van der Waals surface area contributed by atoms with E-state index < -0.39 is 43.0 Å². The molecule has 0 heterocycles. The topological polar surface area (TPSA) is 193 Å². The number of aliphatic hydroxyl groups is 5. The smallest absolute Gasteiger partial charge is 0.303 e. The maximum Gasteiger partial charge on any atom is 0.303 e. The first-order valence-corrected chi connectivity index (χ1v) is 19.3. The highest BCUT2D eigenvalue weighted by molar-refractivity contribution is 5.66. The summed E-state index contributed by atoms with van der Waals surface area (Å²) >= 11 is 0. The molecule has 288 valence electrons. The monoisotopic (exact) mass is 693 g/mol. The molecule has 0 aliphatic carbocycles. The number of hydrogen-bond acceptors (Lipinski definition) is 8. The van der Waals surface area contributed by atoms with Crippen molar-refractivity contribution in [3.63, 3.8) is 0 Å². The lowest BCUT2D eigenvalue weighted by atomic mass is 10.0. The second kappa shape index (κ2) is 41.6. The van der Waals surface area contributed by atoms with Crippen LogP contribution in [-0.4, -0.2) is 85.0 Å². The lowest BCUT2D eigenvalue weighted by Gasteiger charge is -2.22. The molecule has 4 atom stereocenters. The summed E-state index contributed by atoms with van der Waals surface area (Å²) in [6.07, 6.45) is 27.7. The van der Waals surface area contributed by atoms with Crippen molar-refractivity contribution >= 4 is 18.2 Å². The Bertz CT molecular complexity index is 636. The molecule has 0 aliphatic rings. The molecule has 0 aromatic carbocycles. The van der Waals surface area contributed by atoms with Crippen LogP contribution in [0.15, 0.2) is 0 Å². The number of unbranched alkanes of at least 4 members (excludes halogenated alkanes) is 24. The zero-order valence-corrected chi connectivity index (χ0v) is 30.7. The van der Waals surface area contributed by atoms with E-state index in [1.807, 2.05) is 0 Å². The minimum absolute atomic E-state index is 0.0258. The van der Waals surface area contributed by atoms with Crippen LogP contribution in [0.3, 0.4) is 0 Å². The molecule has 0 amide bonds. The Balaban J connectivity index is -0.000000647. The first kappa shape index (κ1) is 50.8. The van der Waals surface area contributed by atoms with Crippen molar-refractivity contribution in [2.45, 2.75) is 218 Å². The summed E-state index contributed by atoms with van der Waals surface area (Å²) in [5.74, 6) is -1.31. The molecule has 10 nitrogen and oxygen atoms in total. The summed E-state index contributed by atoms with van der Waals surface area (Å²) < 4.78 is 0. The van der Waals surface area contributed by atoms with E-state index in [0.717, 1.165) is 25.7 Å². The van der Waals surface area contributed by atoms with Gasteiger partial charge in [-0.2, -0.15) is 0 Å². The summed E-state index contributed by atoms with van der Waals surface area (Å²) in [6, 6.07) is 0. The number of carboxylic acids is 2. The Hall–Kier alpha value is -1.59. The molecular formula is C38H76O10. The molecule has 48 heavy (non-hydrogen) atoms. The largest absolute Gasteiger partial charge is 0.481 e. The number of aliphatic hydroxyl groups excluding tert-OH is 5. The summed E-state index contributed by atoms with van der Waals surface area (Å²) in [7, 11) is 0. The number of hydrogen-bond donors (Lipinski definition) is 7. The van der Waals surface area contributed by atoms with Crippen LogP contribution in [-0.2, 0) is 14.4 Å². The van der Waals surface area contributed by atoms with E-state index in [2.05, 4.69) is 13.8 Å².